The third kappa shape index (κ3) is 7.12. The minimum absolute atomic E-state index is 0.0247. The van der Waals surface area contributed by atoms with Gasteiger partial charge in [-0.1, -0.05) is 187 Å². The summed E-state index contributed by atoms with van der Waals surface area (Å²) in [5.41, 5.74) is 0.334. The van der Waals surface area contributed by atoms with Crippen molar-refractivity contribution in [3.05, 3.63) is 34.4 Å². The molecule has 0 aliphatic carbocycles. The Kier molecular flexibility index (Phi) is 11.7. The van der Waals surface area contributed by atoms with Crippen LogP contribution < -0.4 is 0 Å². The third-order valence-corrected chi connectivity index (χ3v) is 11.4. The van der Waals surface area contributed by atoms with Crippen LogP contribution in [0.1, 0.15) is 42.0 Å². The van der Waals surface area contributed by atoms with Crippen LogP contribution in [-0.4, -0.2) is 11.4 Å². The summed E-state index contributed by atoms with van der Waals surface area (Å²) in [6.07, 6.45) is 1.67. The van der Waals surface area contributed by atoms with E-state index < -0.39 is 24.4 Å². The first-order chi connectivity index (χ1) is 13.5. The van der Waals surface area contributed by atoms with Crippen molar-refractivity contribution in [2.45, 2.75) is 50.6 Å². The second-order valence-corrected chi connectivity index (χ2v) is 17.2. The van der Waals surface area contributed by atoms with Gasteiger partial charge in [-0.05, 0) is 47.2 Å². The average Bonchev–Trinajstić information content (AvgIpc) is 2.55. The second-order valence-electron chi connectivity index (χ2n) is 6.37. The monoisotopic (exact) mass is 728 g/mol. The Labute approximate surface area is 256 Å². The summed E-state index contributed by atoms with van der Waals surface area (Å²) in [5.74, 6) is 0. The van der Waals surface area contributed by atoms with E-state index in [1.807, 2.05) is 6.92 Å². The van der Waals surface area contributed by atoms with Gasteiger partial charge in [0, 0.05) is 0 Å². The number of halogens is 15. The number of rotatable bonds is 6. The van der Waals surface area contributed by atoms with Gasteiger partial charge >= 0.3 is 0 Å². The Bertz CT molecular complexity index is 733. The van der Waals surface area contributed by atoms with Crippen LogP contribution in [0.3, 0.4) is 0 Å². The van der Waals surface area contributed by atoms with Gasteiger partial charge in [0.2, 0.25) is 11.4 Å². The molecular weight excluding hydrogens is 724 g/mol. The van der Waals surface area contributed by atoms with Gasteiger partial charge < -0.3 is 0 Å². The van der Waals surface area contributed by atoms with E-state index in [4.69, 9.17) is 174 Å². The Morgan fingerprint density at radius 1 is 0.548 bits per heavy atom. The van der Waals surface area contributed by atoms with E-state index in [0.717, 1.165) is 6.42 Å². The summed E-state index contributed by atoms with van der Waals surface area (Å²) in [5, 5.41) is 0. The van der Waals surface area contributed by atoms with Crippen LogP contribution in [0.15, 0.2) is 12.1 Å². The number of unbranched alkanes of at least 4 members (excludes halogenated alkanes) is 1. The van der Waals surface area contributed by atoms with Gasteiger partial charge in [0.25, 0.3) is 0 Å². The summed E-state index contributed by atoms with van der Waals surface area (Å²) in [4.78, 5) is 0. The van der Waals surface area contributed by atoms with E-state index >= 15 is 0 Å². The van der Waals surface area contributed by atoms with Gasteiger partial charge in [0.15, 0.2) is 13.0 Å². The normalized spacial score (nSPS) is 14.8. The number of benzene rings is 1. The Hall–Kier alpha value is 3.57. The van der Waals surface area contributed by atoms with Gasteiger partial charge in [0.1, 0.15) is 0 Å². The van der Waals surface area contributed by atoms with Crippen molar-refractivity contribution in [2.75, 3.05) is 0 Å². The van der Waals surface area contributed by atoms with Crippen molar-refractivity contribution < 1.29 is 0 Å². The highest BCUT2D eigenvalue weighted by molar-refractivity contribution is 6.77. The SMILES string of the molecule is CCCCc1c(C(Cl)(Cl)C(Cl)(Cl)Cl)cc(C(Cl)(Cl)C(Cl)(Cl)Cl)cc1C(Cl)(Cl)C(Cl)(Cl)Cl. The fourth-order valence-electron chi connectivity index (χ4n) is 2.51. The predicted molar refractivity (Wildman–Crippen MR) is 146 cm³/mol. The van der Waals surface area contributed by atoms with E-state index in [2.05, 4.69) is 0 Å². The van der Waals surface area contributed by atoms with Crippen molar-refractivity contribution in [1.29, 1.82) is 0 Å². The topological polar surface area (TPSA) is 0 Å². The lowest BCUT2D eigenvalue weighted by atomic mass is 9.89. The van der Waals surface area contributed by atoms with Crippen molar-refractivity contribution in [3.8, 4) is 0 Å². The summed E-state index contributed by atoms with van der Waals surface area (Å²) < 4.78 is -13.2. The minimum Gasteiger partial charge on any atom is -0.0915 e. The van der Waals surface area contributed by atoms with E-state index in [1.165, 1.54) is 12.1 Å². The molecule has 0 bridgehead atoms. The van der Waals surface area contributed by atoms with Gasteiger partial charge in [-0.3, -0.25) is 0 Å². The number of hydrogen-bond donors (Lipinski definition) is 0. The minimum atomic E-state index is -2.24. The van der Waals surface area contributed by atoms with Crippen LogP contribution in [0, 0.1) is 0 Å². The highest BCUT2D eigenvalue weighted by atomic mass is 35.6. The molecule has 0 aliphatic heterocycles. The number of alkyl halides is 15. The summed E-state index contributed by atoms with van der Waals surface area (Å²) >= 11 is 93.0. The molecule has 180 valence electrons. The fourth-order valence-corrected chi connectivity index (χ4v) is 4.34. The van der Waals surface area contributed by atoms with E-state index in [1.54, 1.807) is 0 Å². The Morgan fingerprint density at radius 3 is 1.13 bits per heavy atom. The zero-order valence-corrected chi connectivity index (χ0v) is 26.3. The largest absolute Gasteiger partial charge is 0.227 e. The molecule has 0 saturated carbocycles. The van der Waals surface area contributed by atoms with Crippen LogP contribution >= 0.6 is 174 Å². The fraction of sp³-hybridized carbons (Fsp3) is 0.625. The molecule has 0 heterocycles. The smallest absolute Gasteiger partial charge is 0.0915 e. The Morgan fingerprint density at radius 2 is 0.871 bits per heavy atom. The van der Waals surface area contributed by atoms with Crippen LogP contribution in [0.5, 0.6) is 0 Å². The first-order valence-electron chi connectivity index (χ1n) is 8.05. The van der Waals surface area contributed by atoms with Crippen LogP contribution in [-0.2, 0) is 19.4 Å². The van der Waals surface area contributed by atoms with Crippen molar-refractivity contribution in [3.63, 3.8) is 0 Å². The molecule has 0 saturated heterocycles. The molecule has 0 nitrogen and oxygen atoms in total. The quantitative estimate of drug-likeness (QED) is 0.255. The second kappa shape index (κ2) is 11.1. The maximum Gasteiger partial charge on any atom is 0.227 e. The molecule has 0 amide bonds. The van der Waals surface area contributed by atoms with Crippen LogP contribution in [0.25, 0.3) is 0 Å². The molecule has 0 aromatic heterocycles. The maximum absolute atomic E-state index is 6.49. The van der Waals surface area contributed by atoms with Gasteiger partial charge in [-0.2, -0.15) is 0 Å². The van der Waals surface area contributed by atoms with Gasteiger partial charge in [0.05, 0.1) is 0 Å². The van der Waals surface area contributed by atoms with Crippen molar-refractivity contribution >= 4 is 174 Å². The molecule has 1 rings (SSSR count). The van der Waals surface area contributed by atoms with Crippen molar-refractivity contribution in [2.24, 2.45) is 0 Å². The molecule has 15 heteroatoms. The Balaban J connectivity index is 4.20. The molecule has 0 aliphatic rings. The average molecular weight is 735 g/mol. The molecule has 0 spiro atoms. The van der Waals surface area contributed by atoms with Gasteiger partial charge in [-0.15, -0.1) is 0 Å². The van der Waals surface area contributed by atoms with Crippen molar-refractivity contribution in [1.82, 2.24) is 0 Å². The molecule has 31 heavy (non-hydrogen) atoms. The molecule has 0 radical (unpaired) electrons. The van der Waals surface area contributed by atoms with E-state index in [-0.39, 0.29) is 16.7 Å². The summed E-state index contributed by atoms with van der Waals surface area (Å²) in [6, 6.07) is 2.64. The predicted octanol–water partition coefficient (Wildman–Crippen LogP) is 12.0. The lowest BCUT2D eigenvalue weighted by molar-refractivity contribution is 0.737. The van der Waals surface area contributed by atoms with Crippen LogP contribution in [0.2, 0.25) is 0 Å². The van der Waals surface area contributed by atoms with Crippen LogP contribution in [0.4, 0.5) is 0 Å². The zero-order valence-electron chi connectivity index (χ0n) is 14.9. The first kappa shape index (κ1) is 32.6. The lowest BCUT2D eigenvalue weighted by Gasteiger charge is -2.37. The standard InChI is InChI=1S/C16H11Cl15/c1-2-3-4-8-9(12(19,20)15(26,27)28)5-7(11(17,18)14(23,24)25)6-10(8)13(21,22)16(29,30)31/h5-6H,2-4H2,1H3. The summed E-state index contributed by atoms with van der Waals surface area (Å²) in [7, 11) is 0. The lowest BCUT2D eigenvalue weighted by Crippen LogP contribution is -2.36. The molecule has 0 atom stereocenters. The maximum atomic E-state index is 6.49. The highest BCUT2D eigenvalue weighted by Crippen LogP contribution is 2.61. The number of hydrogen-bond acceptors (Lipinski definition) is 0. The molecule has 0 unspecified atom stereocenters. The first-order valence-corrected chi connectivity index (χ1v) is 13.7. The molecule has 0 N–H and O–H groups in total. The molecule has 0 fully saturated rings. The third-order valence-electron chi connectivity index (χ3n) is 4.14. The molecule has 1 aromatic rings. The van der Waals surface area contributed by atoms with E-state index in [0.29, 0.717) is 18.4 Å². The molecule has 1 aromatic carbocycles. The van der Waals surface area contributed by atoms with E-state index in [9.17, 15) is 0 Å². The highest BCUT2D eigenvalue weighted by Gasteiger charge is 2.55. The van der Waals surface area contributed by atoms with Gasteiger partial charge in [-0.25, -0.2) is 0 Å². The summed E-state index contributed by atoms with van der Waals surface area (Å²) in [6.45, 7) is 1.94. The molecular formula is C16H11Cl15. The zero-order chi connectivity index (χ0) is 24.8.